The summed E-state index contributed by atoms with van der Waals surface area (Å²) < 4.78 is 42.1. The number of hydrazone groups is 1. The number of rotatable bonds is 7. The number of para-hydroxylation sites is 2. The highest BCUT2D eigenvalue weighted by atomic mass is 19.3. The highest BCUT2D eigenvalue weighted by molar-refractivity contribution is 6.07. The zero-order chi connectivity index (χ0) is 21.5. The van der Waals surface area contributed by atoms with E-state index in [0.717, 1.165) is 0 Å². The molecule has 0 bridgehead atoms. The largest absolute Gasteiger partial charge is 0.433 e. The molecule has 0 saturated heterocycles. The van der Waals surface area contributed by atoms with Crippen molar-refractivity contribution in [2.45, 2.75) is 19.1 Å². The number of guanidine groups is 1. The number of hydrogen-bond acceptors (Lipinski definition) is 6. The standard InChI is InChI=1S/C19H16F3N5O3/c20-12-7-5-11(6-8-12)10-23-27-19-25-14(17(29)26-19)9-16(28)24-13-3-1-2-4-15(13)30-18(21)22/h1-8,10,14,18H,9H2,(H,24,28)(H2,25,26,27,29)/b23-10-/t14-/m1/s1. The molecule has 8 nitrogen and oxygen atoms in total. The molecule has 1 aliphatic rings. The van der Waals surface area contributed by atoms with Gasteiger partial charge in [-0.25, -0.2) is 14.8 Å². The molecule has 1 aliphatic heterocycles. The second kappa shape index (κ2) is 9.54. The summed E-state index contributed by atoms with van der Waals surface area (Å²) in [6.45, 7) is -3.04. The van der Waals surface area contributed by atoms with E-state index in [9.17, 15) is 22.8 Å². The Morgan fingerprint density at radius 3 is 2.70 bits per heavy atom. The van der Waals surface area contributed by atoms with Crippen molar-refractivity contribution >= 4 is 29.7 Å². The molecule has 1 heterocycles. The Balaban J connectivity index is 1.56. The number of nitrogens with one attached hydrogen (secondary N) is 3. The van der Waals surface area contributed by atoms with Crippen molar-refractivity contribution in [2.24, 2.45) is 10.1 Å². The van der Waals surface area contributed by atoms with Crippen molar-refractivity contribution in [3.8, 4) is 5.75 Å². The van der Waals surface area contributed by atoms with E-state index in [4.69, 9.17) is 0 Å². The van der Waals surface area contributed by atoms with Crippen LogP contribution in [0.4, 0.5) is 18.9 Å². The van der Waals surface area contributed by atoms with E-state index in [1.54, 1.807) is 0 Å². The minimum atomic E-state index is -3.04. The zero-order valence-corrected chi connectivity index (χ0v) is 15.3. The number of halogens is 3. The van der Waals surface area contributed by atoms with E-state index >= 15 is 0 Å². The van der Waals surface area contributed by atoms with Gasteiger partial charge < -0.3 is 10.1 Å². The fraction of sp³-hybridized carbons (Fsp3) is 0.158. The lowest BCUT2D eigenvalue weighted by atomic mass is 10.2. The first kappa shape index (κ1) is 20.8. The highest BCUT2D eigenvalue weighted by Gasteiger charge is 2.28. The van der Waals surface area contributed by atoms with Gasteiger partial charge in [0.2, 0.25) is 11.9 Å². The molecule has 0 saturated carbocycles. The van der Waals surface area contributed by atoms with Gasteiger partial charge in [0.05, 0.1) is 18.3 Å². The van der Waals surface area contributed by atoms with Crippen LogP contribution >= 0.6 is 0 Å². The van der Waals surface area contributed by atoms with E-state index in [1.165, 1.54) is 54.7 Å². The van der Waals surface area contributed by atoms with Crippen molar-refractivity contribution in [3.05, 3.63) is 59.9 Å². The molecule has 0 spiro atoms. The lowest BCUT2D eigenvalue weighted by molar-refractivity contribution is -0.123. The Labute approximate surface area is 168 Å². The molecular weight excluding hydrogens is 403 g/mol. The molecule has 11 heteroatoms. The summed E-state index contributed by atoms with van der Waals surface area (Å²) in [5, 5.41) is 8.73. The summed E-state index contributed by atoms with van der Waals surface area (Å²) in [6, 6.07) is 10.2. The van der Waals surface area contributed by atoms with Crippen molar-refractivity contribution in [3.63, 3.8) is 0 Å². The maximum absolute atomic E-state index is 12.9. The van der Waals surface area contributed by atoms with Gasteiger partial charge in [0.25, 0.3) is 5.91 Å². The highest BCUT2D eigenvalue weighted by Crippen LogP contribution is 2.25. The first-order valence-electron chi connectivity index (χ1n) is 8.67. The third-order valence-electron chi connectivity index (χ3n) is 3.84. The molecule has 0 aromatic heterocycles. The van der Waals surface area contributed by atoms with Gasteiger partial charge in [-0.3, -0.25) is 14.9 Å². The van der Waals surface area contributed by atoms with Crippen LogP contribution in [0, 0.1) is 5.82 Å². The van der Waals surface area contributed by atoms with Gasteiger partial charge in [-0.1, -0.05) is 24.3 Å². The molecule has 0 radical (unpaired) electrons. The molecule has 0 aliphatic carbocycles. The molecule has 0 fully saturated rings. The maximum Gasteiger partial charge on any atom is 0.387 e. The van der Waals surface area contributed by atoms with Gasteiger partial charge in [-0.2, -0.15) is 13.9 Å². The summed E-state index contributed by atoms with van der Waals surface area (Å²) in [4.78, 5) is 28.2. The third-order valence-corrected chi connectivity index (χ3v) is 3.84. The summed E-state index contributed by atoms with van der Waals surface area (Å²) in [6.07, 6.45) is 1.08. The minimum Gasteiger partial charge on any atom is -0.433 e. The molecular formula is C19H16F3N5O3. The van der Waals surface area contributed by atoms with Crippen LogP contribution in [0.2, 0.25) is 0 Å². The molecule has 2 amide bonds. The fourth-order valence-electron chi connectivity index (χ4n) is 2.50. The van der Waals surface area contributed by atoms with E-state index in [1.807, 2.05) is 0 Å². The molecule has 30 heavy (non-hydrogen) atoms. The van der Waals surface area contributed by atoms with Gasteiger partial charge in [0, 0.05) is 0 Å². The Morgan fingerprint density at radius 2 is 1.97 bits per heavy atom. The zero-order valence-electron chi connectivity index (χ0n) is 15.3. The smallest absolute Gasteiger partial charge is 0.387 e. The normalized spacial score (nSPS) is 15.8. The van der Waals surface area contributed by atoms with Crippen LogP contribution < -0.4 is 20.8 Å². The third kappa shape index (κ3) is 5.80. The first-order valence-corrected chi connectivity index (χ1v) is 8.67. The summed E-state index contributed by atoms with van der Waals surface area (Å²) in [5.41, 5.74) is 3.19. The van der Waals surface area contributed by atoms with Crippen LogP contribution in [0.25, 0.3) is 0 Å². The van der Waals surface area contributed by atoms with Crippen molar-refractivity contribution in [1.82, 2.24) is 10.7 Å². The second-order valence-electron chi connectivity index (χ2n) is 6.03. The molecule has 3 rings (SSSR count). The monoisotopic (exact) mass is 419 g/mol. The topological polar surface area (TPSA) is 104 Å². The van der Waals surface area contributed by atoms with Crippen LogP contribution in [-0.4, -0.2) is 36.6 Å². The number of nitrogens with zero attached hydrogens (tertiary/aromatic N) is 2. The number of carbonyl (C=O) groups is 2. The first-order chi connectivity index (χ1) is 14.4. The van der Waals surface area contributed by atoms with Gasteiger partial charge >= 0.3 is 6.61 Å². The van der Waals surface area contributed by atoms with Crippen molar-refractivity contribution in [1.29, 1.82) is 0 Å². The molecule has 2 aromatic rings. The quantitative estimate of drug-likeness (QED) is 0.473. The van der Waals surface area contributed by atoms with Gasteiger partial charge in [-0.05, 0) is 29.8 Å². The van der Waals surface area contributed by atoms with E-state index in [0.29, 0.717) is 5.56 Å². The van der Waals surface area contributed by atoms with Crippen LogP contribution in [0.3, 0.4) is 0 Å². The fourth-order valence-corrected chi connectivity index (χ4v) is 2.50. The average molecular weight is 419 g/mol. The lowest BCUT2D eigenvalue weighted by Crippen LogP contribution is -2.35. The number of benzene rings is 2. The number of carbonyl (C=O) groups excluding carboxylic acids is 2. The molecule has 3 N–H and O–H groups in total. The number of ether oxygens (including phenoxy) is 1. The van der Waals surface area contributed by atoms with Crippen LogP contribution in [-0.2, 0) is 9.59 Å². The predicted molar refractivity (Wildman–Crippen MR) is 103 cm³/mol. The minimum absolute atomic E-state index is 0.0394. The number of hydrogen-bond donors (Lipinski definition) is 3. The number of aliphatic imine (C=N–C) groups is 1. The molecule has 1 atom stereocenters. The molecule has 0 unspecified atom stereocenters. The van der Waals surface area contributed by atoms with E-state index in [2.05, 4.69) is 30.9 Å². The van der Waals surface area contributed by atoms with Crippen LogP contribution in [0.15, 0.2) is 58.6 Å². The SMILES string of the molecule is O=C(C[C@H]1N=C(N/N=C\c2ccc(F)cc2)NC1=O)Nc1ccccc1OC(F)F. The number of anilines is 1. The summed E-state index contributed by atoms with van der Waals surface area (Å²) in [5.74, 6) is -1.67. The van der Waals surface area contributed by atoms with E-state index < -0.39 is 24.5 Å². The van der Waals surface area contributed by atoms with Crippen LogP contribution in [0.1, 0.15) is 12.0 Å². The van der Waals surface area contributed by atoms with Gasteiger partial charge in [-0.15, -0.1) is 0 Å². The lowest BCUT2D eigenvalue weighted by Gasteiger charge is -2.12. The average Bonchev–Trinajstić information content (AvgIpc) is 3.03. The number of alkyl halides is 2. The molecule has 2 aromatic carbocycles. The predicted octanol–water partition coefficient (Wildman–Crippen LogP) is 2.23. The maximum atomic E-state index is 12.9. The Bertz CT molecular complexity index is 980. The Hall–Kier alpha value is -3.89. The second-order valence-corrected chi connectivity index (χ2v) is 6.03. The van der Waals surface area contributed by atoms with Crippen molar-refractivity contribution < 1.29 is 27.5 Å². The molecule has 156 valence electrons. The van der Waals surface area contributed by atoms with Crippen LogP contribution in [0.5, 0.6) is 5.75 Å². The Morgan fingerprint density at radius 1 is 1.23 bits per heavy atom. The Kier molecular flexibility index (Phi) is 6.63. The van der Waals surface area contributed by atoms with Gasteiger partial charge in [0.15, 0.2) is 0 Å². The summed E-state index contributed by atoms with van der Waals surface area (Å²) in [7, 11) is 0. The van der Waals surface area contributed by atoms with Crippen molar-refractivity contribution in [2.75, 3.05) is 5.32 Å². The summed E-state index contributed by atoms with van der Waals surface area (Å²) >= 11 is 0. The van der Waals surface area contributed by atoms with Gasteiger partial charge in [0.1, 0.15) is 17.6 Å². The van der Waals surface area contributed by atoms with E-state index in [-0.39, 0.29) is 29.6 Å². The number of amides is 2.